The minimum atomic E-state index is -3.91. The highest BCUT2D eigenvalue weighted by atomic mass is 32.2. The zero-order valence-electron chi connectivity index (χ0n) is 12.8. The summed E-state index contributed by atoms with van der Waals surface area (Å²) in [5.41, 5.74) is 9.55. The Kier molecular flexibility index (Phi) is 6.01. The summed E-state index contributed by atoms with van der Waals surface area (Å²) in [5, 5.41) is 6.06. The molecule has 0 aliphatic carbocycles. The van der Waals surface area contributed by atoms with Gasteiger partial charge in [-0.2, -0.15) is 8.42 Å². The molecule has 130 valence electrons. The van der Waals surface area contributed by atoms with Crippen molar-refractivity contribution in [3.63, 3.8) is 0 Å². The van der Waals surface area contributed by atoms with Crippen molar-refractivity contribution < 1.29 is 21.8 Å². The van der Waals surface area contributed by atoms with Gasteiger partial charge < -0.3 is 20.6 Å². The van der Waals surface area contributed by atoms with E-state index < -0.39 is 21.9 Å². The van der Waals surface area contributed by atoms with Gasteiger partial charge in [0.25, 0.3) is 0 Å². The van der Waals surface area contributed by atoms with E-state index in [0.717, 1.165) is 6.26 Å². The van der Waals surface area contributed by atoms with Crippen molar-refractivity contribution >= 4 is 22.0 Å². The quantitative estimate of drug-likeness (QED) is 0.352. The number of imidazole rings is 1. The van der Waals surface area contributed by atoms with E-state index in [0.29, 0.717) is 11.3 Å². The van der Waals surface area contributed by atoms with Crippen molar-refractivity contribution in [1.82, 2.24) is 9.97 Å². The summed E-state index contributed by atoms with van der Waals surface area (Å²) in [5.74, 6) is -1.61. The van der Waals surface area contributed by atoms with E-state index in [2.05, 4.69) is 25.6 Å². The molecule has 0 bridgehead atoms. The topological polar surface area (TPSA) is 165 Å². The summed E-state index contributed by atoms with van der Waals surface area (Å²) in [4.78, 5) is 18.4. The van der Waals surface area contributed by atoms with Gasteiger partial charge in [-0.1, -0.05) is 12.1 Å². The third-order valence-corrected chi connectivity index (χ3v) is 2.86. The van der Waals surface area contributed by atoms with E-state index in [4.69, 9.17) is 5.41 Å². The standard InChI is InChI=1S/C12H11FN2O4S.CH5N3/c1-7-10(12(16)19-20(2,17)18)15-11(14-7)8-4-3-5-9(13)6-8;2-1(3)4/h3-6H,1-2H3,(H,14,15);(H5,2,3,4). The molecule has 0 fully saturated rings. The maximum atomic E-state index is 13.1. The van der Waals surface area contributed by atoms with Crippen LogP contribution in [0.1, 0.15) is 16.2 Å². The number of carbonyl (C=O) groups excluding carboxylic acids is 1. The number of aryl methyl sites for hydroxylation is 1. The van der Waals surface area contributed by atoms with Crippen molar-refractivity contribution in [3.8, 4) is 11.4 Å². The number of aromatic nitrogens is 2. The fourth-order valence-electron chi connectivity index (χ4n) is 1.61. The van der Waals surface area contributed by atoms with Gasteiger partial charge in [0, 0.05) is 11.3 Å². The number of benzene rings is 1. The Bertz CT molecular complexity index is 859. The van der Waals surface area contributed by atoms with Gasteiger partial charge in [-0.15, -0.1) is 0 Å². The van der Waals surface area contributed by atoms with E-state index in [9.17, 15) is 17.6 Å². The SMILES string of the molecule is Cc1[nH]c(-c2cccc(F)c2)nc1C(=O)OS(C)(=O)=O.N=C(N)N. The number of guanidine groups is 1. The van der Waals surface area contributed by atoms with Crippen LogP contribution in [0.3, 0.4) is 0 Å². The van der Waals surface area contributed by atoms with E-state index in [1.807, 2.05) is 0 Å². The van der Waals surface area contributed by atoms with E-state index in [1.54, 1.807) is 6.07 Å². The molecule has 2 rings (SSSR count). The predicted molar refractivity (Wildman–Crippen MR) is 85.1 cm³/mol. The van der Waals surface area contributed by atoms with Crippen LogP contribution < -0.4 is 11.5 Å². The van der Waals surface area contributed by atoms with Gasteiger partial charge >= 0.3 is 16.1 Å². The summed E-state index contributed by atoms with van der Waals surface area (Å²) in [6.45, 7) is 1.54. The number of nitrogens with zero attached hydrogens (tertiary/aromatic N) is 1. The lowest BCUT2D eigenvalue weighted by atomic mass is 10.2. The Morgan fingerprint density at radius 2 is 1.96 bits per heavy atom. The van der Waals surface area contributed by atoms with Crippen LogP contribution in [-0.4, -0.2) is 36.6 Å². The molecule has 0 amide bonds. The summed E-state index contributed by atoms with van der Waals surface area (Å²) < 4.78 is 39.2. The number of aromatic amines is 1. The van der Waals surface area contributed by atoms with Crippen molar-refractivity contribution in [1.29, 1.82) is 5.41 Å². The molecular formula is C13H16FN5O4S. The summed E-state index contributed by atoms with van der Waals surface area (Å²) in [6.07, 6.45) is 0.764. The van der Waals surface area contributed by atoms with Gasteiger partial charge in [-0.25, -0.2) is 14.2 Å². The molecule has 0 aliphatic rings. The Hall–Kier alpha value is -2.95. The minimum Gasteiger partial charge on any atom is -0.370 e. The maximum absolute atomic E-state index is 13.1. The molecule has 0 unspecified atom stereocenters. The number of rotatable bonds is 3. The highest BCUT2D eigenvalue weighted by molar-refractivity contribution is 7.86. The molecular weight excluding hydrogens is 341 g/mol. The fraction of sp³-hybridized carbons (Fsp3) is 0.154. The second-order valence-corrected chi connectivity index (χ2v) is 6.17. The molecule has 24 heavy (non-hydrogen) atoms. The van der Waals surface area contributed by atoms with Gasteiger partial charge in [-0.3, -0.25) is 5.41 Å². The van der Waals surface area contributed by atoms with Crippen LogP contribution in [0.15, 0.2) is 24.3 Å². The van der Waals surface area contributed by atoms with Crippen LogP contribution in [0.5, 0.6) is 0 Å². The molecule has 0 aliphatic heterocycles. The van der Waals surface area contributed by atoms with E-state index >= 15 is 0 Å². The smallest absolute Gasteiger partial charge is 0.370 e. The third-order valence-electron chi connectivity index (χ3n) is 2.40. The summed E-state index contributed by atoms with van der Waals surface area (Å²) >= 11 is 0. The molecule has 1 aromatic heterocycles. The molecule has 9 nitrogen and oxygen atoms in total. The lowest BCUT2D eigenvalue weighted by molar-refractivity contribution is 0.0742. The van der Waals surface area contributed by atoms with Gasteiger partial charge in [0.2, 0.25) is 0 Å². The van der Waals surface area contributed by atoms with Gasteiger partial charge in [0.05, 0.1) is 6.26 Å². The predicted octanol–water partition coefficient (Wildman–Crippen LogP) is 0.479. The minimum absolute atomic E-state index is 0.158. The Morgan fingerprint density at radius 3 is 2.46 bits per heavy atom. The molecule has 11 heteroatoms. The first-order valence-corrected chi connectivity index (χ1v) is 8.17. The average Bonchev–Trinajstić information content (AvgIpc) is 2.78. The highest BCUT2D eigenvalue weighted by Crippen LogP contribution is 2.19. The lowest BCUT2D eigenvalue weighted by Gasteiger charge is -1.98. The molecule has 1 aromatic carbocycles. The number of nitrogens with two attached hydrogens (primary N) is 2. The van der Waals surface area contributed by atoms with Crippen molar-refractivity contribution in [2.75, 3.05) is 6.26 Å². The first-order valence-electron chi connectivity index (χ1n) is 6.35. The van der Waals surface area contributed by atoms with Gasteiger partial charge in [0.15, 0.2) is 11.7 Å². The second kappa shape index (κ2) is 7.55. The largest absolute Gasteiger partial charge is 0.374 e. The molecule has 0 radical (unpaired) electrons. The van der Waals surface area contributed by atoms with Crippen LogP contribution in [0.4, 0.5) is 4.39 Å². The molecule has 0 spiro atoms. The first-order chi connectivity index (χ1) is 11.0. The van der Waals surface area contributed by atoms with Crippen LogP contribution in [0, 0.1) is 18.2 Å². The molecule has 0 atom stereocenters. The monoisotopic (exact) mass is 357 g/mol. The fourth-order valence-corrected chi connectivity index (χ4v) is 1.96. The van der Waals surface area contributed by atoms with Gasteiger partial charge in [0.1, 0.15) is 11.6 Å². The average molecular weight is 357 g/mol. The molecule has 6 N–H and O–H groups in total. The highest BCUT2D eigenvalue weighted by Gasteiger charge is 2.20. The van der Waals surface area contributed by atoms with Crippen molar-refractivity contribution in [3.05, 3.63) is 41.5 Å². The first kappa shape index (κ1) is 19.1. The maximum Gasteiger partial charge on any atom is 0.374 e. The second-order valence-electron chi connectivity index (χ2n) is 4.60. The number of nitrogens with one attached hydrogen (secondary N) is 2. The van der Waals surface area contributed by atoms with Crippen LogP contribution in [-0.2, 0) is 14.3 Å². The van der Waals surface area contributed by atoms with Crippen molar-refractivity contribution in [2.45, 2.75) is 6.92 Å². The van der Waals surface area contributed by atoms with E-state index in [1.165, 1.54) is 25.1 Å². The Balaban J connectivity index is 0.000000648. The Morgan fingerprint density at radius 1 is 1.38 bits per heavy atom. The normalized spacial score (nSPS) is 10.5. The molecule has 0 saturated carbocycles. The number of hydrogen-bond acceptors (Lipinski definition) is 6. The number of carbonyl (C=O) groups is 1. The molecule has 1 heterocycles. The van der Waals surface area contributed by atoms with E-state index in [-0.39, 0.29) is 17.5 Å². The van der Waals surface area contributed by atoms with Crippen LogP contribution >= 0.6 is 0 Å². The van der Waals surface area contributed by atoms with Crippen LogP contribution in [0.2, 0.25) is 0 Å². The molecule has 2 aromatic rings. The van der Waals surface area contributed by atoms with Crippen LogP contribution in [0.25, 0.3) is 11.4 Å². The van der Waals surface area contributed by atoms with Crippen molar-refractivity contribution in [2.24, 2.45) is 11.5 Å². The zero-order valence-corrected chi connectivity index (χ0v) is 13.6. The summed E-state index contributed by atoms with van der Waals surface area (Å²) in [6, 6.07) is 5.62. The number of halogens is 1. The number of hydrogen-bond donors (Lipinski definition) is 4. The third kappa shape index (κ3) is 6.04. The number of H-pyrrole nitrogens is 1. The lowest BCUT2D eigenvalue weighted by Crippen LogP contribution is -2.20. The van der Waals surface area contributed by atoms with Gasteiger partial charge in [-0.05, 0) is 19.1 Å². The Labute approximate surface area is 137 Å². The summed E-state index contributed by atoms with van der Waals surface area (Å²) in [7, 11) is -3.91. The molecule has 0 saturated heterocycles. The zero-order chi connectivity index (χ0) is 18.5.